The highest BCUT2D eigenvalue weighted by molar-refractivity contribution is 7.92. The van der Waals surface area contributed by atoms with Crippen LogP contribution in [0.1, 0.15) is 29.5 Å². The molecule has 0 N–H and O–H groups in total. The molecule has 0 aromatic heterocycles. The molecule has 0 fully saturated rings. The summed E-state index contributed by atoms with van der Waals surface area (Å²) in [5.41, 5.74) is 0.191. The minimum absolute atomic E-state index is 0.0813. The molecule has 3 aromatic carbocycles. The lowest BCUT2D eigenvalue weighted by atomic mass is 10.0. The van der Waals surface area contributed by atoms with Crippen LogP contribution >= 0.6 is 11.6 Å². The number of anilines is 1. The normalized spacial score (nSPS) is 15.7. The molecule has 1 heterocycles. The monoisotopic (exact) mass is 553 g/mol. The van der Waals surface area contributed by atoms with Crippen LogP contribution in [-0.4, -0.2) is 21.1 Å². The van der Waals surface area contributed by atoms with Crippen molar-refractivity contribution < 1.29 is 30.7 Å². The van der Waals surface area contributed by atoms with Gasteiger partial charge in [-0.1, -0.05) is 35.9 Å². The summed E-state index contributed by atoms with van der Waals surface area (Å²) in [4.78, 5) is -0.471. The molecule has 1 aliphatic heterocycles. The lowest BCUT2D eigenvalue weighted by Crippen LogP contribution is -2.43. The lowest BCUT2D eigenvalue weighted by molar-refractivity contribution is -0.137. The van der Waals surface area contributed by atoms with E-state index >= 15 is 0 Å². The second-order valence-corrected chi connectivity index (χ2v) is 10.9. The molecule has 1 atom stereocenters. The average Bonchev–Trinajstić information content (AvgIpc) is 2.86. The van der Waals surface area contributed by atoms with E-state index in [1.165, 1.54) is 12.1 Å². The standard InChI is InChI=1S/C27H24ClF4NO3S/c1-2-3-7-20-17-33(37(34,35)21-8-4-6-19(16-21)27(30,31)32)25-15-18(12-14-26(25)36-20)11-13-22-23(28)9-5-10-24(22)29/h2,4-6,8-10,12,14-16,20H,1,3,7,11,13,17H2/t20-/m0/s1. The van der Waals surface area contributed by atoms with Gasteiger partial charge in [-0.3, -0.25) is 4.31 Å². The molecule has 0 unspecified atom stereocenters. The van der Waals surface area contributed by atoms with Gasteiger partial charge in [-0.05, 0) is 73.7 Å². The maximum atomic E-state index is 14.2. The van der Waals surface area contributed by atoms with E-state index in [-0.39, 0.29) is 18.7 Å². The van der Waals surface area contributed by atoms with Gasteiger partial charge in [-0.25, -0.2) is 12.8 Å². The number of alkyl halides is 3. The van der Waals surface area contributed by atoms with Crippen molar-refractivity contribution in [2.45, 2.75) is 42.9 Å². The van der Waals surface area contributed by atoms with E-state index in [4.69, 9.17) is 16.3 Å². The molecule has 196 valence electrons. The summed E-state index contributed by atoms with van der Waals surface area (Å²) in [6, 6.07) is 13.1. The Hall–Kier alpha value is -3.04. The van der Waals surface area contributed by atoms with Crippen LogP contribution in [0.4, 0.5) is 23.2 Å². The van der Waals surface area contributed by atoms with Crippen molar-refractivity contribution in [1.29, 1.82) is 0 Å². The number of hydrogen-bond donors (Lipinski definition) is 0. The molecule has 3 aromatic rings. The first-order valence-corrected chi connectivity index (χ1v) is 13.4. The number of halogens is 5. The number of allylic oxidation sites excluding steroid dienone is 1. The Bertz CT molecular complexity index is 1390. The van der Waals surface area contributed by atoms with Crippen LogP contribution in [0, 0.1) is 5.82 Å². The van der Waals surface area contributed by atoms with E-state index in [1.54, 1.807) is 30.3 Å². The van der Waals surface area contributed by atoms with Crippen molar-refractivity contribution in [3.63, 3.8) is 0 Å². The number of hydrogen-bond acceptors (Lipinski definition) is 3. The summed E-state index contributed by atoms with van der Waals surface area (Å²) in [6.45, 7) is 3.60. The first-order valence-electron chi connectivity index (χ1n) is 11.5. The molecule has 0 radical (unpaired) electrons. The average molecular weight is 554 g/mol. The highest BCUT2D eigenvalue weighted by Gasteiger charge is 2.37. The fourth-order valence-corrected chi connectivity index (χ4v) is 6.00. The number of ether oxygens (including phenoxy) is 1. The highest BCUT2D eigenvalue weighted by atomic mass is 35.5. The largest absolute Gasteiger partial charge is 0.486 e. The van der Waals surface area contributed by atoms with Gasteiger partial charge in [0.2, 0.25) is 0 Å². The third-order valence-corrected chi connectivity index (χ3v) is 8.25. The lowest BCUT2D eigenvalue weighted by Gasteiger charge is -2.36. The van der Waals surface area contributed by atoms with Gasteiger partial charge < -0.3 is 4.74 Å². The first kappa shape index (κ1) is 27.0. The van der Waals surface area contributed by atoms with E-state index in [2.05, 4.69) is 6.58 Å². The molecule has 0 amide bonds. The van der Waals surface area contributed by atoms with Gasteiger partial charge in [-0.2, -0.15) is 13.2 Å². The smallest absolute Gasteiger partial charge is 0.416 e. The van der Waals surface area contributed by atoms with Gasteiger partial charge in [-0.15, -0.1) is 6.58 Å². The van der Waals surface area contributed by atoms with Gasteiger partial charge >= 0.3 is 6.18 Å². The molecule has 10 heteroatoms. The molecule has 0 aliphatic carbocycles. The molecule has 0 saturated carbocycles. The Labute approximate surface area is 218 Å². The van der Waals surface area contributed by atoms with Crippen molar-refractivity contribution in [3.8, 4) is 5.75 Å². The Balaban J connectivity index is 1.71. The summed E-state index contributed by atoms with van der Waals surface area (Å²) >= 11 is 6.13. The maximum Gasteiger partial charge on any atom is 0.416 e. The van der Waals surface area contributed by atoms with E-state index in [1.807, 2.05) is 0 Å². The van der Waals surface area contributed by atoms with Crippen LogP contribution in [0.15, 0.2) is 78.2 Å². The SMILES string of the molecule is C=CCC[C@H]1CN(S(=O)(=O)c2cccc(C(F)(F)F)c2)c2cc(CCc3c(F)cccc3Cl)ccc2O1. The zero-order chi connectivity index (χ0) is 26.8. The summed E-state index contributed by atoms with van der Waals surface area (Å²) in [7, 11) is -4.37. The molecular weight excluding hydrogens is 530 g/mol. The quantitative estimate of drug-likeness (QED) is 0.219. The zero-order valence-corrected chi connectivity index (χ0v) is 21.2. The molecule has 4 rings (SSSR count). The molecule has 0 spiro atoms. The second-order valence-electron chi connectivity index (χ2n) is 8.67. The number of nitrogens with zero attached hydrogens (tertiary/aromatic N) is 1. The molecule has 0 bridgehead atoms. The van der Waals surface area contributed by atoms with E-state index < -0.39 is 38.6 Å². The van der Waals surface area contributed by atoms with Gasteiger partial charge in [0.05, 0.1) is 22.7 Å². The fourth-order valence-electron chi connectivity index (χ4n) is 4.20. The van der Waals surface area contributed by atoms with E-state index in [0.717, 1.165) is 22.5 Å². The molecule has 0 saturated heterocycles. The number of fused-ring (bicyclic) bond motifs is 1. The highest BCUT2D eigenvalue weighted by Crippen LogP contribution is 2.40. The first-order chi connectivity index (χ1) is 17.5. The Morgan fingerprint density at radius 1 is 1.08 bits per heavy atom. The number of aryl methyl sites for hydroxylation is 1. The summed E-state index contributed by atoms with van der Waals surface area (Å²) in [5, 5.41) is 0.292. The van der Waals surface area contributed by atoms with Crippen molar-refractivity contribution in [2.75, 3.05) is 10.8 Å². The van der Waals surface area contributed by atoms with Crippen molar-refractivity contribution in [2.24, 2.45) is 0 Å². The summed E-state index contributed by atoms with van der Waals surface area (Å²) in [6.07, 6.45) is -1.86. The Morgan fingerprint density at radius 2 is 1.84 bits per heavy atom. The third-order valence-electron chi connectivity index (χ3n) is 6.12. The predicted octanol–water partition coefficient (Wildman–Crippen LogP) is 7.21. The van der Waals surface area contributed by atoms with E-state index in [0.29, 0.717) is 47.2 Å². The van der Waals surface area contributed by atoms with Crippen LogP contribution in [-0.2, 0) is 29.0 Å². The minimum atomic E-state index is -4.69. The molecular formula is C27H24ClF4NO3S. The topological polar surface area (TPSA) is 46.6 Å². The van der Waals surface area contributed by atoms with Gasteiger partial charge in [0.1, 0.15) is 17.7 Å². The van der Waals surface area contributed by atoms with Crippen molar-refractivity contribution in [3.05, 3.63) is 101 Å². The summed E-state index contributed by atoms with van der Waals surface area (Å²) < 4.78 is 88.5. The van der Waals surface area contributed by atoms with Crippen LogP contribution in [0.25, 0.3) is 0 Å². The Morgan fingerprint density at radius 3 is 2.54 bits per heavy atom. The van der Waals surface area contributed by atoms with E-state index in [9.17, 15) is 26.0 Å². The van der Waals surface area contributed by atoms with Gasteiger partial charge in [0, 0.05) is 10.6 Å². The van der Waals surface area contributed by atoms with Crippen molar-refractivity contribution >= 4 is 27.3 Å². The fraction of sp³-hybridized carbons (Fsp3) is 0.259. The minimum Gasteiger partial charge on any atom is -0.486 e. The maximum absolute atomic E-state index is 14.2. The number of benzene rings is 3. The van der Waals surface area contributed by atoms with Crippen molar-refractivity contribution in [1.82, 2.24) is 0 Å². The van der Waals surface area contributed by atoms with Crippen LogP contribution in [0.5, 0.6) is 5.75 Å². The third kappa shape index (κ3) is 5.93. The molecule has 37 heavy (non-hydrogen) atoms. The van der Waals surface area contributed by atoms with Gasteiger partial charge in [0.15, 0.2) is 0 Å². The predicted molar refractivity (Wildman–Crippen MR) is 135 cm³/mol. The van der Waals surface area contributed by atoms with Gasteiger partial charge in [0.25, 0.3) is 10.0 Å². The zero-order valence-electron chi connectivity index (χ0n) is 19.6. The van der Waals surface area contributed by atoms with Crippen LogP contribution in [0.3, 0.4) is 0 Å². The number of sulfonamides is 1. The Kier molecular flexibility index (Phi) is 7.85. The molecule has 1 aliphatic rings. The second kappa shape index (κ2) is 10.8. The molecule has 4 nitrogen and oxygen atoms in total. The number of rotatable bonds is 8. The summed E-state index contributed by atoms with van der Waals surface area (Å²) in [5.74, 6) is -0.142. The van der Waals surface area contributed by atoms with Crippen LogP contribution < -0.4 is 9.04 Å². The van der Waals surface area contributed by atoms with Crippen LogP contribution in [0.2, 0.25) is 5.02 Å².